The van der Waals surface area contributed by atoms with Crippen LogP contribution < -0.4 is 10.6 Å². The number of nitrogens with zero attached hydrogens (tertiary/aromatic N) is 2. The quantitative estimate of drug-likeness (QED) is 0.453. The van der Waals surface area contributed by atoms with Gasteiger partial charge in [0.25, 0.3) is 0 Å². The lowest BCUT2D eigenvalue weighted by molar-refractivity contribution is 0.463. The van der Waals surface area contributed by atoms with E-state index in [1.165, 1.54) is 9.75 Å². The maximum Gasteiger partial charge on any atom is 0.214 e. The van der Waals surface area contributed by atoms with E-state index in [9.17, 15) is 0 Å². The molecule has 0 aliphatic rings. The maximum atomic E-state index is 5.52. The van der Waals surface area contributed by atoms with Gasteiger partial charge in [0.05, 0.1) is 18.8 Å². The van der Waals surface area contributed by atoms with Crippen LogP contribution in [0.3, 0.4) is 0 Å². The number of hydrogen-bond donors (Lipinski definition) is 2. The number of rotatable bonds is 4. The molecule has 0 unspecified atom stereocenters. The summed E-state index contributed by atoms with van der Waals surface area (Å²) < 4.78 is 5.52. The largest absolute Gasteiger partial charge is 0.444 e. The molecular weight excluding hydrogens is 399 g/mol. The van der Waals surface area contributed by atoms with Gasteiger partial charge in [0, 0.05) is 16.8 Å². The molecule has 0 aliphatic carbocycles. The predicted octanol–water partition coefficient (Wildman–Crippen LogP) is 3.14. The Labute approximate surface area is 146 Å². The van der Waals surface area contributed by atoms with Gasteiger partial charge in [-0.2, -0.15) is 0 Å². The highest BCUT2D eigenvalue weighted by molar-refractivity contribution is 14.0. The van der Waals surface area contributed by atoms with Crippen molar-refractivity contribution in [2.24, 2.45) is 4.99 Å². The van der Waals surface area contributed by atoms with Crippen LogP contribution in [-0.4, -0.2) is 18.0 Å². The Hall–Kier alpha value is -1.09. The molecule has 2 aromatic rings. The van der Waals surface area contributed by atoms with Crippen molar-refractivity contribution in [1.29, 1.82) is 0 Å². The lowest BCUT2D eigenvalue weighted by Crippen LogP contribution is -2.36. The second kappa shape index (κ2) is 8.38. The van der Waals surface area contributed by atoms with Crippen molar-refractivity contribution in [3.05, 3.63) is 39.2 Å². The van der Waals surface area contributed by atoms with Gasteiger partial charge in [-0.05, 0) is 32.9 Å². The average molecular weight is 420 g/mol. The topological polar surface area (TPSA) is 62.5 Å². The molecule has 2 rings (SSSR count). The predicted molar refractivity (Wildman–Crippen MR) is 97.5 cm³/mol. The molecule has 21 heavy (non-hydrogen) atoms. The summed E-state index contributed by atoms with van der Waals surface area (Å²) in [7, 11) is 1.75. The number of aromatic nitrogens is 1. The van der Waals surface area contributed by atoms with Crippen LogP contribution in [0.2, 0.25) is 0 Å². The van der Waals surface area contributed by atoms with Crippen LogP contribution in [0.25, 0.3) is 0 Å². The van der Waals surface area contributed by atoms with Crippen LogP contribution in [0.4, 0.5) is 0 Å². The second-order valence-corrected chi connectivity index (χ2v) is 5.91. The Morgan fingerprint density at radius 1 is 1.24 bits per heavy atom. The molecule has 0 radical (unpaired) electrons. The number of nitrogens with one attached hydrogen (secondary N) is 2. The van der Waals surface area contributed by atoms with Gasteiger partial charge in [-0.25, -0.2) is 4.98 Å². The molecule has 2 N–H and O–H groups in total. The number of aliphatic imine (C=N–C) groups is 1. The summed E-state index contributed by atoms with van der Waals surface area (Å²) in [4.78, 5) is 11.1. The minimum absolute atomic E-state index is 0. The lowest BCUT2D eigenvalue weighted by atomic mass is 10.4. The molecule has 0 spiro atoms. The number of aryl methyl sites for hydroxylation is 3. The highest BCUT2D eigenvalue weighted by atomic mass is 127. The van der Waals surface area contributed by atoms with Crippen molar-refractivity contribution < 1.29 is 4.42 Å². The second-order valence-electron chi connectivity index (χ2n) is 4.54. The molecule has 116 valence electrons. The van der Waals surface area contributed by atoms with Gasteiger partial charge in [-0.1, -0.05) is 0 Å². The third kappa shape index (κ3) is 5.31. The van der Waals surface area contributed by atoms with Gasteiger partial charge in [0.1, 0.15) is 5.76 Å². The Bertz CT molecular complexity index is 586. The van der Waals surface area contributed by atoms with Gasteiger partial charge in [-0.3, -0.25) is 4.99 Å². The number of halogens is 1. The first-order valence-corrected chi connectivity index (χ1v) is 7.33. The maximum absolute atomic E-state index is 5.52. The van der Waals surface area contributed by atoms with Crippen molar-refractivity contribution in [2.45, 2.75) is 33.9 Å². The summed E-state index contributed by atoms with van der Waals surface area (Å²) in [6.45, 7) is 7.25. The van der Waals surface area contributed by atoms with Gasteiger partial charge in [0.2, 0.25) is 5.89 Å². The third-order valence-corrected chi connectivity index (χ3v) is 3.93. The summed E-state index contributed by atoms with van der Waals surface area (Å²) >= 11 is 1.78. The lowest BCUT2D eigenvalue weighted by Gasteiger charge is -2.09. The van der Waals surface area contributed by atoms with E-state index in [0.717, 1.165) is 24.0 Å². The summed E-state index contributed by atoms with van der Waals surface area (Å²) in [6, 6.07) is 4.25. The number of oxazole rings is 1. The number of guanidine groups is 1. The fraction of sp³-hybridized carbons (Fsp3) is 0.429. The SMILES string of the molecule is CN=C(NCc1nc(C)c(C)o1)NCc1ccc(C)s1.I. The van der Waals surface area contributed by atoms with Crippen LogP contribution in [-0.2, 0) is 13.1 Å². The Kier molecular flexibility index (Phi) is 7.16. The minimum atomic E-state index is 0. The van der Waals surface area contributed by atoms with E-state index in [-0.39, 0.29) is 24.0 Å². The van der Waals surface area contributed by atoms with E-state index < -0.39 is 0 Å². The first-order valence-electron chi connectivity index (χ1n) is 6.51. The molecule has 7 heteroatoms. The van der Waals surface area contributed by atoms with E-state index in [1.54, 1.807) is 18.4 Å². The highest BCUT2D eigenvalue weighted by Gasteiger charge is 2.06. The van der Waals surface area contributed by atoms with Crippen LogP contribution in [0, 0.1) is 20.8 Å². The standard InChI is InChI=1S/C14H20N4OS.HI/c1-9-5-6-12(20-9)7-16-14(15-4)17-8-13-18-10(2)11(3)19-13;/h5-6H,7-8H2,1-4H3,(H2,15,16,17);1H. The molecular formula is C14H21IN4OS. The van der Waals surface area contributed by atoms with Crippen molar-refractivity contribution in [3.63, 3.8) is 0 Å². The highest BCUT2D eigenvalue weighted by Crippen LogP contribution is 2.14. The van der Waals surface area contributed by atoms with Gasteiger partial charge >= 0.3 is 0 Å². The van der Waals surface area contributed by atoms with E-state index in [2.05, 4.69) is 39.7 Å². The van der Waals surface area contributed by atoms with Crippen molar-refractivity contribution in [3.8, 4) is 0 Å². The fourth-order valence-corrected chi connectivity index (χ4v) is 2.58. The molecule has 5 nitrogen and oxygen atoms in total. The minimum Gasteiger partial charge on any atom is -0.444 e. The van der Waals surface area contributed by atoms with Gasteiger partial charge < -0.3 is 15.1 Å². The number of thiophene rings is 1. The zero-order valence-corrected chi connectivity index (χ0v) is 15.8. The monoisotopic (exact) mass is 420 g/mol. The zero-order valence-electron chi connectivity index (χ0n) is 12.7. The normalized spacial score (nSPS) is 11.1. The first kappa shape index (κ1) is 18.0. The third-order valence-electron chi connectivity index (χ3n) is 2.93. The summed E-state index contributed by atoms with van der Waals surface area (Å²) in [5, 5.41) is 6.46. The van der Waals surface area contributed by atoms with Crippen molar-refractivity contribution in [1.82, 2.24) is 15.6 Å². The molecule has 0 saturated carbocycles. The molecule has 0 aromatic carbocycles. The molecule has 2 heterocycles. The van der Waals surface area contributed by atoms with Gasteiger partial charge in [-0.15, -0.1) is 35.3 Å². The van der Waals surface area contributed by atoms with Crippen LogP contribution >= 0.6 is 35.3 Å². The Balaban J connectivity index is 0.00000220. The van der Waals surface area contributed by atoms with E-state index >= 15 is 0 Å². The van der Waals surface area contributed by atoms with Gasteiger partial charge in [0.15, 0.2) is 5.96 Å². The summed E-state index contributed by atoms with van der Waals surface area (Å²) in [5.41, 5.74) is 0.929. The molecule has 0 saturated heterocycles. The van der Waals surface area contributed by atoms with Crippen molar-refractivity contribution >= 4 is 41.3 Å². The molecule has 0 atom stereocenters. The van der Waals surface area contributed by atoms with Crippen LogP contribution in [0.1, 0.15) is 27.1 Å². The van der Waals surface area contributed by atoms with E-state index in [1.807, 2.05) is 13.8 Å². The first-order chi connectivity index (χ1) is 9.58. The smallest absolute Gasteiger partial charge is 0.214 e. The van der Waals surface area contributed by atoms with E-state index in [4.69, 9.17) is 4.42 Å². The summed E-state index contributed by atoms with van der Waals surface area (Å²) in [6.07, 6.45) is 0. The van der Waals surface area contributed by atoms with Crippen LogP contribution in [0.15, 0.2) is 21.5 Å². The fourth-order valence-electron chi connectivity index (χ4n) is 1.75. The number of hydrogen-bond acceptors (Lipinski definition) is 4. The van der Waals surface area contributed by atoms with Crippen molar-refractivity contribution in [2.75, 3.05) is 7.05 Å². The molecule has 0 bridgehead atoms. The van der Waals surface area contributed by atoms with Crippen LogP contribution in [0.5, 0.6) is 0 Å². The zero-order chi connectivity index (χ0) is 14.5. The molecule has 0 aliphatic heterocycles. The Morgan fingerprint density at radius 2 is 1.95 bits per heavy atom. The molecule has 0 amide bonds. The summed E-state index contributed by atoms with van der Waals surface area (Å²) in [5.74, 6) is 2.28. The molecule has 0 fully saturated rings. The Morgan fingerprint density at radius 3 is 2.48 bits per heavy atom. The molecule has 2 aromatic heterocycles. The average Bonchev–Trinajstić information content (AvgIpc) is 2.97. The van der Waals surface area contributed by atoms with E-state index in [0.29, 0.717) is 12.4 Å².